The first-order valence-corrected chi connectivity index (χ1v) is 17.0. The lowest BCUT2D eigenvalue weighted by Crippen LogP contribution is -2.49. The molecule has 0 radical (unpaired) electrons. The van der Waals surface area contributed by atoms with Gasteiger partial charge < -0.3 is 13.9 Å². The SMILES string of the molecule is C[C@H](C[C@H](C[C@@H]1CC2(CC2)OC(C)(C)O1)O[Si](C)(C)C(C)(C)C)CC1(OS(C)(=O)=O)CC1. The van der Waals surface area contributed by atoms with Crippen LogP contribution in [0.25, 0.3) is 0 Å². The van der Waals surface area contributed by atoms with Gasteiger partial charge in [-0.25, -0.2) is 0 Å². The highest BCUT2D eigenvalue weighted by atomic mass is 32.2. The van der Waals surface area contributed by atoms with Gasteiger partial charge in [-0.05, 0) is 82.8 Å². The maximum Gasteiger partial charge on any atom is 0.264 e. The first kappa shape index (κ1) is 26.6. The average molecular weight is 491 g/mol. The Kier molecular flexibility index (Phi) is 7.14. The summed E-state index contributed by atoms with van der Waals surface area (Å²) >= 11 is 0. The standard InChI is InChI=1S/C24H46O6SSi/c1-18(16-24(12-13-24)30-31(7,25)26)14-19(28-32(8,9)21(2,3)4)15-20-17-23(10-11-23)29-22(5,6)27-20/h18-20H,10-17H2,1-9H3/t18-,19-,20-/m1/s1. The molecule has 3 rings (SSSR count). The molecule has 3 aliphatic rings. The molecule has 0 aromatic rings. The number of rotatable bonds is 10. The molecule has 6 nitrogen and oxygen atoms in total. The lowest BCUT2D eigenvalue weighted by Gasteiger charge is -2.44. The van der Waals surface area contributed by atoms with Gasteiger partial charge in [0.1, 0.15) is 0 Å². The molecule has 0 bridgehead atoms. The van der Waals surface area contributed by atoms with Crippen LogP contribution in [0, 0.1) is 5.92 Å². The second-order valence-electron chi connectivity index (χ2n) is 12.9. The molecule has 2 saturated carbocycles. The third kappa shape index (κ3) is 7.25. The van der Waals surface area contributed by atoms with Crippen LogP contribution in [0.2, 0.25) is 18.1 Å². The van der Waals surface area contributed by atoms with Crippen LogP contribution in [-0.2, 0) is 28.2 Å². The Morgan fingerprint density at radius 1 is 1.12 bits per heavy atom. The van der Waals surface area contributed by atoms with Crippen LogP contribution >= 0.6 is 0 Å². The maximum absolute atomic E-state index is 11.7. The van der Waals surface area contributed by atoms with E-state index in [0.717, 1.165) is 57.6 Å². The summed E-state index contributed by atoms with van der Waals surface area (Å²) in [6.07, 6.45) is 8.64. The summed E-state index contributed by atoms with van der Waals surface area (Å²) in [7, 11) is -5.41. The van der Waals surface area contributed by atoms with Gasteiger partial charge in [0, 0.05) is 12.5 Å². The third-order valence-corrected chi connectivity index (χ3v) is 12.8. The van der Waals surface area contributed by atoms with Crippen molar-refractivity contribution in [3.63, 3.8) is 0 Å². The van der Waals surface area contributed by atoms with Crippen molar-refractivity contribution < 1.29 is 26.5 Å². The van der Waals surface area contributed by atoms with E-state index in [2.05, 4.69) is 40.8 Å². The zero-order valence-electron chi connectivity index (χ0n) is 21.7. The van der Waals surface area contributed by atoms with Crippen molar-refractivity contribution in [2.24, 2.45) is 5.92 Å². The van der Waals surface area contributed by atoms with Gasteiger partial charge in [0.25, 0.3) is 10.1 Å². The van der Waals surface area contributed by atoms with Crippen LogP contribution in [0.4, 0.5) is 0 Å². The molecular weight excluding hydrogens is 444 g/mol. The highest BCUT2D eigenvalue weighted by molar-refractivity contribution is 7.86. The highest BCUT2D eigenvalue weighted by Gasteiger charge is 2.54. The zero-order chi connectivity index (χ0) is 24.2. The van der Waals surface area contributed by atoms with E-state index < -0.39 is 29.8 Å². The van der Waals surface area contributed by atoms with E-state index in [-0.39, 0.29) is 22.8 Å². The molecule has 1 aliphatic heterocycles. The van der Waals surface area contributed by atoms with Crippen molar-refractivity contribution in [3.8, 4) is 0 Å². The maximum atomic E-state index is 11.7. The smallest absolute Gasteiger partial charge is 0.264 e. The largest absolute Gasteiger partial charge is 0.414 e. The summed E-state index contributed by atoms with van der Waals surface area (Å²) in [5.41, 5.74) is -0.495. The molecule has 0 N–H and O–H groups in total. The topological polar surface area (TPSA) is 71.1 Å². The first-order valence-electron chi connectivity index (χ1n) is 12.3. The predicted molar refractivity (Wildman–Crippen MR) is 130 cm³/mol. The normalized spacial score (nSPS) is 28.3. The minimum atomic E-state index is -3.44. The van der Waals surface area contributed by atoms with Crippen molar-refractivity contribution in [1.82, 2.24) is 0 Å². The predicted octanol–water partition coefficient (Wildman–Crippen LogP) is 5.77. The Balaban J connectivity index is 1.69. The Morgan fingerprint density at radius 3 is 2.19 bits per heavy atom. The van der Waals surface area contributed by atoms with E-state index in [1.165, 1.54) is 0 Å². The molecule has 3 atom stereocenters. The molecule has 0 amide bonds. The summed E-state index contributed by atoms with van der Waals surface area (Å²) in [4.78, 5) is 0. The lowest BCUT2D eigenvalue weighted by molar-refractivity contribution is -0.311. The van der Waals surface area contributed by atoms with Gasteiger partial charge in [0.15, 0.2) is 14.1 Å². The average Bonchev–Trinajstić information content (AvgIpc) is 3.42. The lowest BCUT2D eigenvalue weighted by atomic mass is 9.92. The molecule has 1 spiro atoms. The third-order valence-electron chi connectivity index (χ3n) is 7.63. The number of hydrogen-bond acceptors (Lipinski definition) is 6. The number of ether oxygens (including phenoxy) is 2. The Morgan fingerprint density at radius 2 is 1.72 bits per heavy atom. The fourth-order valence-electron chi connectivity index (χ4n) is 5.05. The number of hydrogen-bond donors (Lipinski definition) is 0. The van der Waals surface area contributed by atoms with Crippen LogP contribution in [-0.4, -0.2) is 52.2 Å². The molecule has 3 fully saturated rings. The van der Waals surface area contributed by atoms with E-state index in [9.17, 15) is 8.42 Å². The van der Waals surface area contributed by atoms with Crippen molar-refractivity contribution in [2.75, 3.05) is 6.26 Å². The highest BCUT2D eigenvalue weighted by Crippen LogP contribution is 2.52. The fourth-order valence-corrected chi connectivity index (χ4v) is 7.31. The molecule has 0 aromatic heterocycles. The van der Waals surface area contributed by atoms with Crippen LogP contribution in [0.3, 0.4) is 0 Å². The van der Waals surface area contributed by atoms with Gasteiger partial charge >= 0.3 is 0 Å². The molecule has 188 valence electrons. The van der Waals surface area contributed by atoms with Gasteiger partial charge in [-0.3, -0.25) is 4.18 Å². The minimum Gasteiger partial charge on any atom is -0.414 e. The van der Waals surface area contributed by atoms with Crippen molar-refractivity contribution in [3.05, 3.63) is 0 Å². The summed E-state index contributed by atoms with van der Waals surface area (Å²) < 4.78 is 48.4. The Labute approximate surface area is 197 Å². The molecule has 1 saturated heterocycles. The van der Waals surface area contributed by atoms with Gasteiger partial charge in [0.05, 0.1) is 23.6 Å². The molecule has 0 aromatic carbocycles. The van der Waals surface area contributed by atoms with Crippen LogP contribution in [0.15, 0.2) is 0 Å². The first-order chi connectivity index (χ1) is 14.3. The summed E-state index contributed by atoms with van der Waals surface area (Å²) in [6, 6.07) is 0. The monoisotopic (exact) mass is 490 g/mol. The van der Waals surface area contributed by atoms with E-state index in [4.69, 9.17) is 18.1 Å². The summed E-state index contributed by atoms with van der Waals surface area (Å²) in [5, 5.41) is 0.124. The molecule has 0 unspecified atom stereocenters. The molecular formula is C24H46O6SSi. The van der Waals surface area contributed by atoms with Gasteiger partial charge in [-0.1, -0.05) is 27.7 Å². The Hall–Kier alpha value is 0.00688. The molecule has 2 aliphatic carbocycles. The van der Waals surface area contributed by atoms with Crippen LogP contribution in [0.1, 0.15) is 92.9 Å². The minimum absolute atomic E-state index is 0.000945. The van der Waals surface area contributed by atoms with E-state index in [1.807, 2.05) is 13.8 Å². The van der Waals surface area contributed by atoms with E-state index in [1.54, 1.807) is 0 Å². The van der Waals surface area contributed by atoms with E-state index in [0.29, 0.717) is 5.92 Å². The molecule has 8 heteroatoms. The quantitative estimate of drug-likeness (QED) is 0.286. The second kappa shape index (κ2) is 8.59. The summed E-state index contributed by atoms with van der Waals surface area (Å²) in [6.45, 7) is 17.7. The molecule has 1 heterocycles. The summed E-state index contributed by atoms with van der Waals surface area (Å²) in [5.74, 6) is -0.259. The van der Waals surface area contributed by atoms with Crippen molar-refractivity contribution in [2.45, 2.75) is 140 Å². The van der Waals surface area contributed by atoms with Crippen LogP contribution in [0.5, 0.6) is 0 Å². The van der Waals surface area contributed by atoms with Crippen molar-refractivity contribution in [1.29, 1.82) is 0 Å². The zero-order valence-corrected chi connectivity index (χ0v) is 23.6. The second-order valence-corrected chi connectivity index (χ2v) is 19.2. The van der Waals surface area contributed by atoms with Crippen molar-refractivity contribution >= 4 is 18.4 Å². The van der Waals surface area contributed by atoms with E-state index >= 15 is 0 Å². The van der Waals surface area contributed by atoms with Gasteiger partial charge in [0.2, 0.25) is 0 Å². The van der Waals surface area contributed by atoms with Gasteiger partial charge in [-0.2, -0.15) is 8.42 Å². The van der Waals surface area contributed by atoms with Crippen LogP contribution < -0.4 is 0 Å². The van der Waals surface area contributed by atoms with Gasteiger partial charge in [-0.15, -0.1) is 0 Å². The fraction of sp³-hybridized carbons (Fsp3) is 1.00. The molecule has 32 heavy (non-hydrogen) atoms. The Bertz CT molecular complexity index is 771.